The molecule has 2 amide bonds. The van der Waals surface area contributed by atoms with Crippen LogP contribution in [0, 0.1) is 17.1 Å². The van der Waals surface area contributed by atoms with Crippen LogP contribution in [0.1, 0.15) is 12.6 Å². The van der Waals surface area contributed by atoms with Crippen LogP contribution in [0.25, 0.3) is 16.7 Å². The lowest BCUT2D eigenvalue weighted by molar-refractivity contribution is -0.165. The number of anilines is 3. The minimum atomic E-state index is -2.34. The Balaban J connectivity index is 1.35. The monoisotopic (exact) mass is 506 g/mol. The zero-order valence-electron chi connectivity index (χ0n) is 19.3. The molecule has 1 aromatic carbocycles. The number of fused-ring (bicyclic) bond motifs is 1. The molecule has 2 atom stereocenters. The van der Waals surface area contributed by atoms with Gasteiger partial charge in [0.15, 0.2) is 28.9 Å². The number of amides is 2. The van der Waals surface area contributed by atoms with Gasteiger partial charge in [-0.2, -0.15) is 5.26 Å². The fourth-order valence-electron chi connectivity index (χ4n) is 3.94. The van der Waals surface area contributed by atoms with Crippen LogP contribution in [0.4, 0.5) is 21.7 Å². The normalized spacial score (nSPS) is 17.4. The predicted octanol–water partition coefficient (Wildman–Crippen LogP) is 1.12. The van der Waals surface area contributed by atoms with Crippen LogP contribution in [-0.4, -0.2) is 61.7 Å². The molecule has 3 aromatic heterocycles. The van der Waals surface area contributed by atoms with Crippen LogP contribution in [-0.2, 0) is 14.3 Å². The lowest BCUT2D eigenvalue weighted by atomic mass is 9.95. The molecule has 0 saturated carbocycles. The molecule has 37 heavy (non-hydrogen) atoms. The SMILES string of the molecule is CC(O)(C(=O)Nc1cc(F)c2c(N)noc2c1)[C@H]1OCCN(c2ccn(-c3ccnc(C#N)c3)n2)C1=O. The van der Waals surface area contributed by atoms with Crippen molar-refractivity contribution in [3.05, 3.63) is 54.2 Å². The number of nitrogens with zero attached hydrogens (tertiary/aromatic N) is 6. The number of nitrogens with one attached hydrogen (secondary N) is 1. The van der Waals surface area contributed by atoms with E-state index in [0.29, 0.717) is 5.69 Å². The van der Waals surface area contributed by atoms with Gasteiger partial charge in [-0.05, 0) is 19.1 Å². The molecule has 4 heterocycles. The number of rotatable bonds is 5. The Labute approximate surface area is 207 Å². The molecular weight excluding hydrogens is 487 g/mol. The van der Waals surface area contributed by atoms with E-state index in [4.69, 9.17) is 20.3 Å². The summed E-state index contributed by atoms with van der Waals surface area (Å²) in [5.74, 6) is -2.39. The number of carbonyl (C=O) groups is 2. The Morgan fingerprint density at radius 2 is 2.19 bits per heavy atom. The van der Waals surface area contributed by atoms with Crippen molar-refractivity contribution in [2.75, 3.05) is 29.1 Å². The smallest absolute Gasteiger partial charge is 0.260 e. The number of morpholine rings is 1. The zero-order chi connectivity index (χ0) is 26.3. The average Bonchev–Trinajstić information content (AvgIpc) is 3.51. The van der Waals surface area contributed by atoms with Crippen LogP contribution in [0.5, 0.6) is 0 Å². The van der Waals surface area contributed by atoms with Crippen LogP contribution >= 0.6 is 0 Å². The highest BCUT2D eigenvalue weighted by Gasteiger charge is 2.49. The molecule has 1 unspecified atom stereocenters. The maximum atomic E-state index is 14.4. The maximum absolute atomic E-state index is 14.4. The first-order valence-electron chi connectivity index (χ1n) is 10.9. The third-order valence-electron chi connectivity index (χ3n) is 5.84. The molecule has 1 saturated heterocycles. The second-order valence-electron chi connectivity index (χ2n) is 8.37. The van der Waals surface area contributed by atoms with Crippen LogP contribution in [0.3, 0.4) is 0 Å². The molecule has 0 aliphatic carbocycles. The molecule has 0 radical (unpaired) electrons. The summed E-state index contributed by atoms with van der Waals surface area (Å²) in [6.45, 7) is 1.26. The maximum Gasteiger partial charge on any atom is 0.260 e. The molecule has 1 fully saturated rings. The van der Waals surface area contributed by atoms with Gasteiger partial charge >= 0.3 is 0 Å². The van der Waals surface area contributed by atoms with Gasteiger partial charge < -0.3 is 25.4 Å². The number of benzene rings is 1. The summed E-state index contributed by atoms with van der Waals surface area (Å²) in [6.07, 6.45) is 1.48. The number of nitrogens with two attached hydrogens (primary N) is 1. The van der Waals surface area contributed by atoms with E-state index in [2.05, 4.69) is 20.6 Å². The first kappa shape index (κ1) is 23.9. The van der Waals surface area contributed by atoms with Crippen molar-refractivity contribution in [1.82, 2.24) is 19.9 Å². The van der Waals surface area contributed by atoms with Crippen LogP contribution in [0.2, 0.25) is 0 Å². The summed E-state index contributed by atoms with van der Waals surface area (Å²) in [4.78, 5) is 31.4. The number of hydrogen-bond acceptors (Lipinski definition) is 10. The van der Waals surface area contributed by atoms with E-state index in [1.807, 2.05) is 6.07 Å². The summed E-state index contributed by atoms with van der Waals surface area (Å²) >= 11 is 0. The van der Waals surface area contributed by atoms with Gasteiger partial charge in [-0.3, -0.25) is 14.5 Å². The Bertz CT molecular complexity index is 1570. The van der Waals surface area contributed by atoms with Gasteiger partial charge in [0.05, 0.1) is 18.8 Å². The van der Waals surface area contributed by atoms with E-state index >= 15 is 0 Å². The van der Waals surface area contributed by atoms with Gasteiger partial charge in [-0.1, -0.05) is 5.16 Å². The lowest BCUT2D eigenvalue weighted by Crippen LogP contribution is -2.61. The largest absolute Gasteiger partial charge is 0.380 e. The molecule has 4 aromatic rings. The zero-order valence-corrected chi connectivity index (χ0v) is 19.3. The summed E-state index contributed by atoms with van der Waals surface area (Å²) in [6, 6.07) is 8.97. The van der Waals surface area contributed by atoms with Crippen molar-refractivity contribution in [1.29, 1.82) is 5.26 Å². The number of nitrogen functional groups attached to an aromatic ring is 1. The fourth-order valence-corrected chi connectivity index (χ4v) is 3.94. The molecule has 1 aliphatic rings. The fraction of sp³-hybridized carbons (Fsp3) is 0.217. The van der Waals surface area contributed by atoms with Gasteiger partial charge in [0.1, 0.15) is 23.0 Å². The van der Waals surface area contributed by atoms with Crippen molar-refractivity contribution in [2.24, 2.45) is 0 Å². The summed E-state index contributed by atoms with van der Waals surface area (Å²) in [7, 11) is 0. The van der Waals surface area contributed by atoms with Gasteiger partial charge in [0, 0.05) is 36.3 Å². The van der Waals surface area contributed by atoms with E-state index in [-0.39, 0.29) is 47.1 Å². The second-order valence-corrected chi connectivity index (χ2v) is 8.37. The third kappa shape index (κ3) is 4.22. The number of hydrogen-bond donors (Lipinski definition) is 3. The standard InChI is InChI=1S/C23H19FN8O5/c1-23(35,22(34)28-12-9-15(24)18-16(10-12)37-30-20(18)26)19-21(33)31(6-7-36-19)17-3-5-32(29-17)14-2-4-27-13(8-14)11-25/h2-5,8-10,19,35H,6-7H2,1H3,(H2,26,30)(H,28,34)/t19-,23?/m0/s1. The molecule has 4 N–H and O–H groups in total. The molecule has 1 aliphatic heterocycles. The first-order chi connectivity index (χ1) is 17.7. The van der Waals surface area contributed by atoms with Crippen molar-refractivity contribution < 1.29 is 28.3 Å². The van der Waals surface area contributed by atoms with E-state index in [0.717, 1.165) is 13.0 Å². The molecule has 0 bridgehead atoms. The van der Waals surface area contributed by atoms with E-state index < -0.39 is 29.3 Å². The number of nitriles is 1. The van der Waals surface area contributed by atoms with E-state index in [1.54, 1.807) is 18.3 Å². The lowest BCUT2D eigenvalue weighted by Gasteiger charge is -2.37. The number of aliphatic hydroxyl groups is 1. The summed E-state index contributed by atoms with van der Waals surface area (Å²) in [5, 5.41) is 30.3. The van der Waals surface area contributed by atoms with Gasteiger partial charge in [0.25, 0.3) is 11.8 Å². The van der Waals surface area contributed by atoms with Crippen molar-refractivity contribution in [3.63, 3.8) is 0 Å². The summed E-state index contributed by atoms with van der Waals surface area (Å²) in [5.41, 5.74) is 3.94. The highest BCUT2D eigenvalue weighted by atomic mass is 19.1. The predicted molar refractivity (Wildman–Crippen MR) is 126 cm³/mol. The highest BCUT2D eigenvalue weighted by Crippen LogP contribution is 2.29. The Morgan fingerprint density at radius 1 is 1.38 bits per heavy atom. The van der Waals surface area contributed by atoms with Crippen molar-refractivity contribution in [2.45, 2.75) is 18.6 Å². The van der Waals surface area contributed by atoms with Gasteiger partial charge in [-0.15, -0.1) is 5.10 Å². The van der Waals surface area contributed by atoms with Crippen molar-refractivity contribution >= 4 is 40.1 Å². The molecule has 0 spiro atoms. The Morgan fingerprint density at radius 3 is 2.97 bits per heavy atom. The number of halogens is 1. The van der Waals surface area contributed by atoms with E-state index in [1.165, 1.54) is 27.9 Å². The number of pyridine rings is 1. The van der Waals surface area contributed by atoms with E-state index in [9.17, 15) is 19.1 Å². The minimum Gasteiger partial charge on any atom is -0.380 e. The first-order valence-corrected chi connectivity index (χ1v) is 10.9. The molecule has 5 rings (SSSR count). The molecular formula is C23H19FN8O5. The number of aromatic nitrogens is 4. The number of carbonyl (C=O) groups excluding carboxylic acids is 2. The highest BCUT2D eigenvalue weighted by molar-refractivity contribution is 6.06. The van der Waals surface area contributed by atoms with Crippen LogP contribution in [0.15, 0.2) is 47.2 Å². The van der Waals surface area contributed by atoms with Crippen molar-refractivity contribution in [3.8, 4) is 11.8 Å². The van der Waals surface area contributed by atoms with Gasteiger partial charge in [-0.25, -0.2) is 14.1 Å². The number of ether oxygens (including phenoxy) is 1. The quantitative estimate of drug-likeness (QED) is 0.354. The minimum absolute atomic E-state index is 0.00437. The Kier molecular flexibility index (Phi) is 5.78. The summed E-state index contributed by atoms with van der Waals surface area (Å²) < 4.78 is 26.3. The van der Waals surface area contributed by atoms with Gasteiger partial charge in [0.2, 0.25) is 0 Å². The third-order valence-corrected chi connectivity index (χ3v) is 5.84. The molecule has 14 heteroatoms. The van der Waals surface area contributed by atoms with Crippen LogP contribution < -0.4 is 16.0 Å². The molecule has 13 nitrogen and oxygen atoms in total. The second kappa shape index (κ2) is 8.97. The molecule has 188 valence electrons. The average molecular weight is 506 g/mol. The topological polar surface area (TPSA) is 185 Å². The Hall–Kier alpha value is -4.87.